The average molecular weight is 1140 g/mol. The Morgan fingerprint density at radius 2 is 1.16 bits per heavy atom. The van der Waals surface area contributed by atoms with Crippen LogP contribution in [0.1, 0.15) is 81.8 Å². The summed E-state index contributed by atoms with van der Waals surface area (Å²) in [7, 11) is 0. The summed E-state index contributed by atoms with van der Waals surface area (Å²) in [6.07, 6.45) is -13.6. The van der Waals surface area contributed by atoms with Crippen LogP contribution in [0, 0.1) is 5.92 Å². The molecule has 0 saturated carbocycles. The van der Waals surface area contributed by atoms with Crippen LogP contribution in [-0.4, -0.2) is 196 Å². The van der Waals surface area contributed by atoms with Crippen LogP contribution in [0.4, 0.5) is 0 Å². The highest BCUT2D eigenvalue weighted by atomic mass is 16.5. The van der Waals surface area contributed by atoms with E-state index >= 15 is 0 Å². The van der Waals surface area contributed by atoms with Crippen molar-refractivity contribution in [3.05, 3.63) is 108 Å². The van der Waals surface area contributed by atoms with Crippen molar-refractivity contribution in [1.82, 2.24) is 36.4 Å². The minimum absolute atomic E-state index is 0.00973. The SMILES string of the molecule is CCCCCOc1ccc(-c2ccc(-c3ccc(C(=O)N[C@@H]4C[C@@H](O)[C@@H](O)NC(=O)[C@@H]5[C@@H](O)[C@@H](C)CN5C(=O)[C@H]([C@@H](C)O)NC(=O)[C@H]([C@H](O)[C@@H](O)c5ccc(O)cc5)NC(=O)[C@@H]5C[C@@H](O)CN5C(=O)C([C@@H](C)O)NC4=O)cc3)cc2)cc1. The number of aromatic hydroxyl groups is 1. The van der Waals surface area contributed by atoms with E-state index in [0.29, 0.717) is 12.2 Å². The number of phenols is 1. The van der Waals surface area contributed by atoms with Gasteiger partial charge in [-0.05, 0) is 84.5 Å². The van der Waals surface area contributed by atoms with Crippen LogP contribution in [0.2, 0.25) is 0 Å². The number of aliphatic hydroxyl groups excluding tert-OH is 8. The highest BCUT2D eigenvalue weighted by Gasteiger charge is 2.50. The number of nitrogens with one attached hydrogen (secondary N) is 5. The number of phenolic OH excluding ortho intramolecular Hbond substituents is 1. The monoisotopic (exact) mass is 1140 g/mol. The summed E-state index contributed by atoms with van der Waals surface area (Å²) in [4.78, 5) is 102. The van der Waals surface area contributed by atoms with Gasteiger partial charge in [0.25, 0.3) is 5.91 Å². The van der Waals surface area contributed by atoms with Crippen molar-refractivity contribution >= 4 is 41.4 Å². The summed E-state index contributed by atoms with van der Waals surface area (Å²) in [5.74, 6) is -8.67. The van der Waals surface area contributed by atoms with E-state index in [1.54, 1.807) is 12.1 Å². The number of carbonyl (C=O) groups excluding carboxylic acids is 7. The van der Waals surface area contributed by atoms with Crippen molar-refractivity contribution in [1.29, 1.82) is 0 Å². The number of hydrogen-bond acceptors (Lipinski definition) is 17. The molecule has 24 heteroatoms. The topological polar surface area (TPSA) is 377 Å². The molecule has 0 radical (unpaired) electrons. The van der Waals surface area contributed by atoms with Gasteiger partial charge in [-0.3, -0.25) is 33.6 Å². The Labute approximate surface area is 473 Å². The summed E-state index contributed by atoms with van der Waals surface area (Å²) in [6, 6.07) is 14.7. The highest BCUT2D eigenvalue weighted by molar-refractivity contribution is 6.00. The average Bonchev–Trinajstić information content (AvgIpc) is 4.06. The molecule has 3 saturated heterocycles. The third-order valence-electron chi connectivity index (χ3n) is 15.0. The molecule has 7 amide bonds. The van der Waals surface area contributed by atoms with E-state index < -0.39 is 152 Å². The Bertz CT molecular complexity index is 2880. The molecule has 3 heterocycles. The molecular weight excluding hydrogens is 1070 g/mol. The number of fused-ring (bicyclic) bond motifs is 2. The second-order valence-corrected chi connectivity index (χ2v) is 21.3. The molecule has 0 bridgehead atoms. The third kappa shape index (κ3) is 14.7. The van der Waals surface area contributed by atoms with Crippen molar-refractivity contribution in [2.75, 3.05) is 19.7 Å². The lowest BCUT2D eigenvalue weighted by atomic mass is 9.96. The molecular formula is C58H73N7O17. The van der Waals surface area contributed by atoms with Crippen LogP contribution in [0.5, 0.6) is 11.5 Å². The van der Waals surface area contributed by atoms with Gasteiger partial charge in [-0.2, -0.15) is 0 Å². The number of benzene rings is 4. The van der Waals surface area contributed by atoms with Gasteiger partial charge in [0.2, 0.25) is 35.4 Å². The zero-order valence-electron chi connectivity index (χ0n) is 45.7. The Morgan fingerprint density at radius 1 is 0.634 bits per heavy atom. The smallest absolute Gasteiger partial charge is 0.251 e. The van der Waals surface area contributed by atoms with Gasteiger partial charge in [-0.25, -0.2) is 0 Å². The molecule has 442 valence electrons. The number of unbranched alkanes of at least 4 members (excludes halogenated alkanes) is 2. The van der Waals surface area contributed by atoms with E-state index in [4.69, 9.17) is 4.74 Å². The maximum Gasteiger partial charge on any atom is 0.251 e. The van der Waals surface area contributed by atoms with Crippen molar-refractivity contribution < 1.29 is 84.3 Å². The first-order valence-electron chi connectivity index (χ1n) is 27.3. The molecule has 4 aromatic carbocycles. The number of aliphatic hydroxyl groups is 8. The first kappa shape index (κ1) is 62.1. The maximum atomic E-state index is 14.5. The molecule has 82 heavy (non-hydrogen) atoms. The predicted octanol–water partition coefficient (Wildman–Crippen LogP) is -0.927. The van der Waals surface area contributed by atoms with Crippen LogP contribution in [0.15, 0.2) is 97.1 Å². The molecule has 0 aliphatic carbocycles. The van der Waals surface area contributed by atoms with Gasteiger partial charge >= 0.3 is 0 Å². The van der Waals surface area contributed by atoms with Gasteiger partial charge in [0.05, 0.1) is 31.0 Å². The van der Waals surface area contributed by atoms with E-state index in [0.717, 1.165) is 77.5 Å². The minimum atomic E-state index is -2.29. The second kappa shape index (κ2) is 27.5. The quantitative estimate of drug-likeness (QED) is 0.0679. The summed E-state index contributed by atoms with van der Waals surface area (Å²) < 4.78 is 5.84. The van der Waals surface area contributed by atoms with Crippen LogP contribution in [0.25, 0.3) is 22.3 Å². The minimum Gasteiger partial charge on any atom is -0.508 e. The largest absolute Gasteiger partial charge is 0.508 e. The van der Waals surface area contributed by atoms with E-state index in [-0.39, 0.29) is 23.4 Å². The molecule has 14 N–H and O–H groups in total. The Hall–Kier alpha value is -7.55. The molecule has 7 rings (SSSR count). The van der Waals surface area contributed by atoms with Crippen molar-refractivity contribution in [3.8, 4) is 33.8 Å². The van der Waals surface area contributed by atoms with Gasteiger partial charge in [0, 0.05) is 37.4 Å². The number of amides is 7. The molecule has 15 atom stereocenters. The van der Waals surface area contributed by atoms with Gasteiger partial charge in [-0.15, -0.1) is 0 Å². The van der Waals surface area contributed by atoms with E-state index in [9.17, 15) is 79.5 Å². The van der Waals surface area contributed by atoms with Gasteiger partial charge < -0.3 is 87.1 Å². The van der Waals surface area contributed by atoms with Gasteiger partial charge in [0.15, 0.2) is 6.23 Å². The number of nitrogens with zero attached hydrogens (tertiary/aromatic N) is 2. The molecule has 1 unspecified atom stereocenters. The third-order valence-corrected chi connectivity index (χ3v) is 15.0. The van der Waals surface area contributed by atoms with E-state index in [2.05, 4.69) is 33.5 Å². The fraction of sp³-hybridized carbons (Fsp3) is 0.466. The fourth-order valence-corrected chi connectivity index (χ4v) is 10.2. The number of ether oxygens (including phenoxy) is 1. The summed E-state index contributed by atoms with van der Waals surface area (Å²) in [5, 5.41) is 111. The summed E-state index contributed by atoms with van der Waals surface area (Å²) in [5.41, 5.74) is 3.37. The maximum absolute atomic E-state index is 14.5. The van der Waals surface area contributed by atoms with Gasteiger partial charge in [-0.1, -0.05) is 87.4 Å². The molecule has 4 aromatic rings. The van der Waals surface area contributed by atoms with Crippen LogP contribution >= 0.6 is 0 Å². The number of rotatable bonds is 14. The van der Waals surface area contributed by atoms with Crippen molar-refractivity contribution in [2.45, 2.75) is 145 Å². The summed E-state index contributed by atoms with van der Waals surface area (Å²) in [6.45, 7) is 5.47. The fourth-order valence-electron chi connectivity index (χ4n) is 10.2. The van der Waals surface area contributed by atoms with Crippen LogP contribution in [-0.2, 0) is 28.8 Å². The molecule has 24 nitrogen and oxygen atoms in total. The first-order valence-corrected chi connectivity index (χ1v) is 27.3. The lowest BCUT2D eigenvalue weighted by Crippen LogP contribution is -2.64. The Morgan fingerprint density at radius 3 is 1.72 bits per heavy atom. The van der Waals surface area contributed by atoms with Crippen LogP contribution < -0.4 is 31.3 Å². The standard InChI is InChI=1S/C58H73N7O17/c1-5-6-7-24-82-40-22-18-35(19-23-40)33-10-8-32(9-11-33)34-12-14-37(15-13-34)51(74)59-41-26-43(70)54(77)63-56(79)47-48(71)29(2)27-65(47)58(81)45(31(4)67)61-55(78)46(50(73)49(72)36-16-20-38(68)21-17-36)62-53(76)42-25-39(69)28-64(42)57(80)44(30(3)66)60-52(41)75/h8-23,29-31,39,41-50,54,66-73,77H,5-7,24-28H2,1-4H3,(H,59,74)(H,60,75)(H,61,78)(H,62,76)(H,63,79)/t29-,30+,31+,39+,41+,42-,43+,44?,45-,46-,47-,48-,49-,50-,54+/m0/s1. The molecule has 3 aliphatic rings. The van der Waals surface area contributed by atoms with E-state index in [1.807, 2.05) is 48.5 Å². The van der Waals surface area contributed by atoms with E-state index in [1.165, 1.54) is 31.2 Å². The zero-order chi connectivity index (χ0) is 59.7. The number of hydrogen-bond donors (Lipinski definition) is 14. The Balaban J connectivity index is 1.18. The first-order chi connectivity index (χ1) is 39.0. The number of carbonyl (C=O) groups is 7. The lowest BCUT2D eigenvalue weighted by molar-refractivity contribution is -0.148. The van der Waals surface area contributed by atoms with Crippen molar-refractivity contribution in [2.24, 2.45) is 5.92 Å². The molecule has 3 aliphatic heterocycles. The highest BCUT2D eigenvalue weighted by Crippen LogP contribution is 2.30. The lowest BCUT2D eigenvalue weighted by Gasteiger charge is -2.34. The van der Waals surface area contributed by atoms with Crippen LogP contribution in [0.3, 0.4) is 0 Å². The van der Waals surface area contributed by atoms with Crippen molar-refractivity contribution in [3.63, 3.8) is 0 Å². The normalized spacial score (nSPS) is 27.5. The molecule has 0 aromatic heterocycles. The molecule has 0 spiro atoms. The molecule has 3 fully saturated rings. The Kier molecular flexibility index (Phi) is 20.8. The zero-order valence-corrected chi connectivity index (χ0v) is 45.7. The predicted molar refractivity (Wildman–Crippen MR) is 293 cm³/mol. The summed E-state index contributed by atoms with van der Waals surface area (Å²) >= 11 is 0. The van der Waals surface area contributed by atoms with Gasteiger partial charge in [0.1, 0.15) is 66.1 Å². The second-order valence-electron chi connectivity index (χ2n) is 21.3.